The number of halogens is 6. The van der Waals surface area contributed by atoms with Gasteiger partial charge in [0.2, 0.25) is 0 Å². The average molecular weight is 1520 g/mol. The molecule has 3 heterocycles. The van der Waals surface area contributed by atoms with Crippen molar-refractivity contribution in [1.82, 2.24) is 15.0 Å². The Kier molecular flexibility index (Phi) is 26.8. The van der Waals surface area contributed by atoms with Gasteiger partial charge in [-0.05, 0) is 46.9 Å². The minimum absolute atomic E-state index is 0. The molecule has 0 aliphatic carbocycles. The van der Waals surface area contributed by atoms with Crippen LogP contribution in [0.4, 0.5) is 26.3 Å². The van der Waals surface area contributed by atoms with Crippen molar-refractivity contribution in [3.05, 3.63) is 291 Å². The second-order valence-electron chi connectivity index (χ2n) is 14.3. The number of ketones is 3. The Bertz CT molecular complexity index is 3080. The van der Waals surface area contributed by atoms with Crippen LogP contribution >= 0.6 is 0 Å². The summed E-state index contributed by atoms with van der Waals surface area (Å²) in [5.74, 6) is -2.34. The van der Waals surface area contributed by atoms with Gasteiger partial charge in [0.15, 0.2) is 17.3 Å². The van der Waals surface area contributed by atoms with Crippen molar-refractivity contribution in [2.75, 3.05) is 0 Å². The largest absolute Gasteiger partial charge is 0.381 e. The molecule has 9 aromatic rings. The minimum atomic E-state index is -4.39. The first-order chi connectivity index (χ1) is 32.3. The van der Waals surface area contributed by atoms with Crippen molar-refractivity contribution in [1.29, 1.82) is 0 Å². The van der Waals surface area contributed by atoms with Crippen molar-refractivity contribution < 1.29 is 101 Å². The Labute approximate surface area is 461 Å². The number of hydrogen-bond donors (Lipinski definition) is 0. The third kappa shape index (κ3) is 17.8. The molecule has 15 heteroatoms. The van der Waals surface area contributed by atoms with Gasteiger partial charge in [-0.15, -0.1) is 83.4 Å². The topological polar surface area (TPSA) is 89.9 Å². The Balaban J connectivity index is 0.000000527. The van der Waals surface area contributed by atoms with Crippen LogP contribution in [0.15, 0.2) is 195 Å². The van der Waals surface area contributed by atoms with Crippen molar-refractivity contribution in [3.63, 3.8) is 0 Å². The fraction of sp³-hybridized carbons (Fsp3) is 0.0172. The molecule has 0 spiro atoms. The second-order valence-corrected chi connectivity index (χ2v) is 14.3. The average Bonchev–Trinajstić information content (AvgIpc) is 3.37. The number of rotatable bonds is 9. The quantitative estimate of drug-likeness (QED) is 0.0812. The van der Waals surface area contributed by atoms with Gasteiger partial charge in [0.05, 0.1) is 0 Å². The van der Waals surface area contributed by atoms with Gasteiger partial charge in [-0.25, -0.2) is 13.2 Å². The molecule has 0 aliphatic heterocycles. The van der Waals surface area contributed by atoms with Gasteiger partial charge >= 0.3 is 6.18 Å². The first kappa shape index (κ1) is 64.3. The summed E-state index contributed by atoms with van der Waals surface area (Å²) in [4.78, 5) is 49.3. The normalized spacial score (nSPS) is 9.84. The summed E-state index contributed by atoms with van der Waals surface area (Å²) in [6.45, 7) is 0. The fourth-order valence-electron chi connectivity index (χ4n) is 6.30. The summed E-state index contributed by atoms with van der Waals surface area (Å²) in [7, 11) is 0. The minimum Gasteiger partial charge on any atom is -0.358 e. The van der Waals surface area contributed by atoms with E-state index >= 15 is 0 Å². The summed E-state index contributed by atoms with van der Waals surface area (Å²) >= 11 is 0. The smallest absolute Gasteiger partial charge is 0.358 e. The number of benzene rings is 6. The van der Waals surface area contributed by atoms with Gasteiger partial charge in [-0.1, -0.05) is 103 Å². The molecule has 6 nitrogen and oxygen atoms in total. The molecule has 0 amide bonds. The van der Waals surface area contributed by atoms with E-state index in [1.165, 1.54) is 48.9 Å². The maximum absolute atomic E-state index is 13.2. The van der Waals surface area contributed by atoms with Crippen molar-refractivity contribution >= 4 is 17.3 Å². The molecular formula is C58H41F6Ir3N3O3-6. The van der Waals surface area contributed by atoms with Gasteiger partial charge in [-0.3, -0.25) is 14.4 Å². The number of alkyl halides is 3. The number of hydrogen-bond acceptors (Lipinski definition) is 6. The molecule has 0 atom stereocenters. The van der Waals surface area contributed by atoms with Crippen molar-refractivity contribution in [2.45, 2.75) is 6.18 Å². The first-order valence-electron chi connectivity index (χ1n) is 20.2. The van der Waals surface area contributed by atoms with E-state index in [-0.39, 0.29) is 111 Å². The predicted octanol–water partition coefficient (Wildman–Crippen LogP) is 14.1. The zero-order valence-electron chi connectivity index (χ0n) is 38.8. The number of carbonyl (C=O) groups is 3. The third-order valence-electron chi connectivity index (χ3n) is 9.73. The van der Waals surface area contributed by atoms with Crippen LogP contribution in [0.5, 0.6) is 0 Å². The Morgan fingerprint density at radius 2 is 0.822 bits per heavy atom. The molecule has 0 bridgehead atoms. The summed E-state index contributed by atoms with van der Waals surface area (Å²) < 4.78 is 76.9. The van der Waals surface area contributed by atoms with Crippen LogP contribution in [-0.4, -0.2) is 32.3 Å². The molecule has 0 unspecified atom stereocenters. The Morgan fingerprint density at radius 3 is 1.19 bits per heavy atom. The number of carbonyl (C=O) groups excluding carboxylic acids is 3. The number of pyridine rings is 3. The van der Waals surface area contributed by atoms with E-state index in [0.717, 1.165) is 35.5 Å². The van der Waals surface area contributed by atoms with Gasteiger partial charge in [0.1, 0.15) is 5.82 Å². The molecule has 0 aliphatic rings. The molecule has 0 saturated carbocycles. The second kappa shape index (κ2) is 30.4. The van der Waals surface area contributed by atoms with E-state index in [2.05, 4.69) is 33.2 Å². The number of nitrogens with zero attached hydrogens (tertiary/aromatic N) is 3. The van der Waals surface area contributed by atoms with Gasteiger partial charge in [0, 0.05) is 124 Å². The van der Waals surface area contributed by atoms with E-state index in [0.29, 0.717) is 50.3 Å². The zero-order chi connectivity index (χ0) is 47.3. The summed E-state index contributed by atoms with van der Waals surface area (Å²) in [5.41, 5.74) is 5.15. The molecule has 0 N–H and O–H groups in total. The van der Waals surface area contributed by atoms with Crippen LogP contribution in [0.3, 0.4) is 0 Å². The summed E-state index contributed by atoms with van der Waals surface area (Å²) in [6, 6.07) is 53.5. The molecule has 3 radical (unpaired) electrons. The Hall–Kier alpha value is -6.69. The predicted molar refractivity (Wildman–Crippen MR) is 259 cm³/mol. The molecule has 0 saturated heterocycles. The van der Waals surface area contributed by atoms with Gasteiger partial charge < -0.3 is 37.2 Å². The maximum Gasteiger partial charge on any atom is 0.381 e. The molecule has 9 rings (SSSR count). The van der Waals surface area contributed by atoms with Crippen LogP contribution in [-0.2, 0) is 66.5 Å². The van der Waals surface area contributed by atoms with Crippen LogP contribution < -0.4 is 0 Å². The van der Waals surface area contributed by atoms with Crippen molar-refractivity contribution in [3.8, 4) is 33.8 Å². The van der Waals surface area contributed by atoms with E-state index in [9.17, 15) is 40.7 Å². The van der Waals surface area contributed by atoms with Crippen LogP contribution in [0.25, 0.3) is 33.8 Å². The number of aromatic nitrogens is 3. The molecule has 3 aromatic heterocycles. The maximum atomic E-state index is 13.2. The monoisotopic (exact) mass is 1520 g/mol. The van der Waals surface area contributed by atoms with E-state index < -0.39 is 23.4 Å². The summed E-state index contributed by atoms with van der Waals surface area (Å²) in [6.07, 6.45) is -0.0617. The molecule has 73 heavy (non-hydrogen) atoms. The molecular weight excluding hydrogens is 1480 g/mol. The zero-order valence-corrected chi connectivity index (χ0v) is 46.0. The molecule has 0 fully saturated rings. The van der Waals surface area contributed by atoms with E-state index in [4.69, 9.17) is 0 Å². The van der Waals surface area contributed by atoms with Crippen LogP contribution in [0.2, 0.25) is 0 Å². The van der Waals surface area contributed by atoms with Crippen LogP contribution in [0.1, 0.15) is 53.3 Å². The molecule has 381 valence electrons. The van der Waals surface area contributed by atoms with Crippen LogP contribution in [0, 0.1) is 57.9 Å². The van der Waals surface area contributed by atoms with E-state index in [1.54, 1.807) is 84.9 Å². The third-order valence-corrected chi connectivity index (χ3v) is 9.73. The Morgan fingerprint density at radius 1 is 0.411 bits per heavy atom. The van der Waals surface area contributed by atoms with Gasteiger partial charge in [0.25, 0.3) is 0 Å². The summed E-state index contributed by atoms with van der Waals surface area (Å²) in [5, 5.41) is 0. The SMILES string of the molecule is O=C(c1ccc(F)cc1)c1ccc(-c2[c-]cccc2)nc1.O=C(c1ccccc1)c1ccc(-c2[c-]c(F)cc(F)c2)nc1.O=C(c1ccccc1)c1ccc(-c2[c-]cc(C(F)(F)F)cc2)nc1.[CH3-].[CH3-].[CH3-].[Ir].[Ir].[Ir]. The standard InChI is InChI=1S/C19H11F3NO.C18H10F2NO.C18H11FNO.3CH3.3Ir/c20-19(21,22)16-9-6-13(7-10-16)17-11-8-15(12-23-17)18(24)14-4-2-1-3-5-14;19-15-8-14(9-16(20)10-15)17-7-6-13(11-21-17)18(22)12-4-2-1-3-5-12;19-16-9-6-14(7-10-16)18(21)15-8-11-17(20-12-15)13-4-2-1-3-5-13;;;;;;/h1-6,8-12H;1-8,10-11H;1-4,6-12H;3*1H3;;;/q6*-1;;;. The molecule has 6 aromatic carbocycles. The van der Waals surface area contributed by atoms with Crippen molar-refractivity contribution in [2.24, 2.45) is 0 Å². The first-order valence-corrected chi connectivity index (χ1v) is 20.2. The van der Waals surface area contributed by atoms with Gasteiger partial charge in [-0.2, -0.15) is 13.2 Å². The van der Waals surface area contributed by atoms with E-state index in [1.807, 2.05) is 36.4 Å². The fourth-order valence-corrected chi connectivity index (χ4v) is 6.30.